The van der Waals surface area contributed by atoms with Gasteiger partial charge in [0.15, 0.2) is 11.5 Å². The van der Waals surface area contributed by atoms with E-state index >= 15 is 0 Å². The van der Waals surface area contributed by atoms with Gasteiger partial charge in [-0.1, -0.05) is 13.0 Å². The van der Waals surface area contributed by atoms with Crippen molar-refractivity contribution in [1.29, 1.82) is 0 Å². The molecule has 5 nitrogen and oxygen atoms in total. The van der Waals surface area contributed by atoms with Crippen LogP contribution in [0.25, 0.3) is 6.08 Å². The van der Waals surface area contributed by atoms with Crippen LogP contribution in [0.15, 0.2) is 48.5 Å². The number of ether oxygens (including phenoxy) is 2. The molecule has 0 saturated heterocycles. The number of nitrogens with one attached hydrogen (secondary N) is 1. The van der Waals surface area contributed by atoms with Gasteiger partial charge in [0, 0.05) is 30.5 Å². The molecule has 0 atom stereocenters. The van der Waals surface area contributed by atoms with Gasteiger partial charge in [-0.2, -0.15) is 0 Å². The smallest absolute Gasteiger partial charge is 0.248 e. The monoisotopic (exact) mass is 382 g/mol. The summed E-state index contributed by atoms with van der Waals surface area (Å²) in [5.41, 5.74) is 2.79. The van der Waals surface area contributed by atoms with E-state index in [4.69, 9.17) is 9.47 Å². The van der Waals surface area contributed by atoms with Gasteiger partial charge in [0.1, 0.15) is 0 Å². The van der Waals surface area contributed by atoms with Gasteiger partial charge in [0.25, 0.3) is 0 Å². The van der Waals surface area contributed by atoms with E-state index in [1.54, 1.807) is 13.2 Å². The van der Waals surface area contributed by atoms with Crippen LogP contribution < -0.4 is 19.7 Å². The summed E-state index contributed by atoms with van der Waals surface area (Å²) < 4.78 is 11.0. The van der Waals surface area contributed by atoms with Gasteiger partial charge in [-0.25, -0.2) is 0 Å². The molecule has 0 radical (unpaired) electrons. The molecule has 150 valence electrons. The number of hydrogen-bond donors (Lipinski definition) is 1. The maximum Gasteiger partial charge on any atom is 0.248 e. The summed E-state index contributed by atoms with van der Waals surface area (Å²) in [5, 5.41) is 2.88. The molecule has 0 saturated carbocycles. The van der Waals surface area contributed by atoms with Gasteiger partial charge in [0.05, 0.1) is 13.7 Å². The van der Waals surface area contributed by atoms with Crippen molar-refractivity contribution in [2.24, 2.45) is 0 Å². The number of hydrogen-bond acceptors (Lipinski definition) is 4. The van der Waals surface area contributed by atoms with Crippen LogP contribution in [-0.4, -0.2) is 32.7 Å². The fraction of sp³-hybridized carbons (Fsp3) is 0.348. The zero-order chi connectivity index (χ0) is 20.4. The van der Waals surface area contributed by atoms with E-state index in [-0.39, 0.29) is 5.91 Å². The van der Waals surface area contributed by atoms with E-state index < -0.39 is 0 Å². The molecule has 0 unspecified atom stereocenters. The highest BCUT2D eigenvalue weighted by Crippen LogP contribution is 2.28. The Labute approximate surface area is 168 Å². The third-order valence-corrected chi connectivity index (χ3v) is 4.34. The first-order valence-corrected chi connectivity index (χ1v) is 9.76. The molecule has 0 aliphatic carbocycles. The highest BCUT2D eigenvalue weighted by atomic mass is 16.5. The van der Waals surface area contributed by atoms with Crippen LogP contribution in [0.2, 0.25) is 0 Å². The maximum atomic E-state index is 12.2. The third kappa shape index (κ3) is 6.05. The third-order valence-electron chi connectivity index (χ3n) is 4.34. The average molecular weight is 383 g/mol. The van der Waals surface area contributed by atoms with Crippen molar-refractivity contribution in [3.63, 3.8) is 0 Å². The molecular formula is C23H30N2O3. The van der Waals surface area contributed by atoms with Crippen molar-refractivity contribution in [1.82, 2.24) is 0 Å². The van der Waals surface area contributed by atoms with Crippen molar-refractivity contribution in [3.05, 3.63) is 54.1 Å². The molecule has 0 spiro atoms. The lowest BCUT2D eigenvalue weighted by Gasteiger charge is -2.21. The van der Waals surface area contributed by atoms with E-state index in [9.17, 15) is 4.79 Å². The quantitative estimate of drug-likeness (QED) is 0.589. The zero-order valence-corrected chi connectivity index (χ0v) is 17.2. The van der Waals surface area contributed by atoms with Crippen molar-refractivity contribution in [2.75, 3.05) is 37.0 Å². The van der Waals surface area contributed by atoms with E-state index in [0.29, 0.717) is 18.1 Å². The lowest BCUT2D eigenvalue weighted by molar-refractivity contribution is -0.111. The lowest BCUT2D eigenvalue weighted by atomic mass is 10.2. The van der Waals surface area contributed by atoms with Crippen LogP contribution >= 0.6 is 0 Å². The molecule has 0 aromatic heterocycles. The Morgan fingerprint density at radius 2 is 1.75 bits per heavy atom. The van der Waals surface area contributed by atoms with Gasteiger partial charge in [-0.15, -0.1) is 0 Å². The second kappa shape index (κ2) is 11.0. The molecule has 0 aliphatic heterocycles. The van der Waals surface area contributed by atoms with Crippen LogP contribution in [0.1, 0.15) is 32.8 Å². The number of methoxy groups -OCH3 is 1. The molecule has 0 fully saturated rings. The standard InChI is InChI=1S/C23H30N2O3/c1-5-16-28-21-14-8-18(17-22(21)27-4)9-15-23(26)24-19-10-12-20(13-11-19)25(6-2)7-3/h8-15,17H,5-7,16H2,1-4H3,(H,24,26). The molecule has 5 heteroatoms. The number of anilines is 2. The highest BCUT2D eigenvalue weighted by Gasteiger charge is 2.05. The van der Waals surface area contributed by atoms with Gasteiger partial charge in [0.2, 0.25) is 5.91 Å². The van der Waals surface area contributed by atoms with Crippen LogP contribution in [-0.2, 0) is 4.79 Å². The first-order valence-electron chi connectivity index (χ1n) is 9.76. The molecule has 28 heavy (non-hydrogen) atoms. The summed E-state index contributed by atoms with van der Waals surface area (Å²) in [7, 11) is 1.61. The summed E-state index contributed by atoms with van der Waals surface area (Å²) in [4.78, 5) is 14.5. The molecule has 2 rings (SSSR count). The molecular weight excluding hydrogens is 352 g/mol. The van der Waals surface area contributed by atoms with Crippen molar-refractivity contribution < 1.29 is 14.3 Å². The first kappa shape index (κ1) is 21.4. The van der Waals surface area contributed by atoms with Gasteiger partial charge >= 0.3 is 0 Å². The molecule has 0 heterocycles. The minimum Gasteiger partial charge on any atom is -0.493 e. The summed E-state index contributed by atoms with van der Waals surface area (Å²) in [6.07, 6.45) is 4.20. The van der Waals surface area contributed by atoms with E-state index in [2.05, 4.69) is 31.0 Å². The molecule has 1 N–H and O–H groups in total. The average Bonchev–Trinajstić information content (AvgIpc) is 2.73. The Hall–Kier alpha value is -2.95. The summed E-state index contributed by atoms with van der Waals surface area (Å²) >= 11 is 0. The number of carbonyl (C=O) groups excluding carboxylic acids is 1. The SMILES string of the molecule is CCCOc1ccc(C=CC(=O)Nc2ccc(N(CC)CC)cc2)cc1OC. The topological polar surface area (TPSA) is 50.8 Å². The summed E-state index contributed by atoms with van der Waals surface area (Å²) in [6.45, 7) is 8.86. The number of amides is 1. The van der Waals surface area contributed by atoms with Crippen LogP contribution in [0.5, 0.6) is 11.5 Å². The van der Waals surface area contributed by atoms with Crippen molar-refractivity contribution >= 4 is 23.4 Å². The Balaban J connectivity index is 1.99. The summed E-state index contributed by atoms with van der Waals surface area (Å²) in [5.74, 6) is 1.18. The van der Waals surface area contributed by atoms with Gasteiger partial charge in [-0.3, -0.25) is 4.79 Å². The van der Waals surface area contributed by atoms with E-state index in [0.717, 1.165) is 36.4 Å². The molecule has 0 aliphatic rings. The highest BCUT2D eigenvalue weighted by molar-refractivity contribution is 6.02. The fourth-order valence-electron chi connectivity index (χ4n) is 2.82. The van der Waals surface area contributed by atoms with E-state index in [1.165, 1.54) is 6.08 Å². The minimum absolute atomic E-state index is 0.180. The summed E-state index contributed by atoms with van der Waals surface area (Å²) in [6, 6.07) is 13.5. The second-order valence-electron chi connectivity index (χ2n) is 6.30. The van der Waals surface area contributed by atoms with Gasteiger partial charge < -0.3 is 19.7 Å². The van der Waals surface area contributed by atoms with Crippen LogP contribution in [0.3, 0.4) is 0 Å². The van der Waals surface area contributed by atoms with Crippen LogP contribution in [0.4, 0.5) is 11.4 Å². The molecule has 1 amide bonds. The number of carbonyl (C=O) groups is 1. The minimum atomic E-state index is -0.180. The molecule has 0 bridgehead atoms. The normalized spacial score (nSPS) is 10.7. The Morgan fingerprint density at radius 3 is 2.36 bits per heavy atom. The Morgan fingerprint density at radius 1 is 1.04 bits per heavy atom. The maximum absolute atomic E-state index is 12.2. The predicted octanol–water partition coefficient (Wildman–Crippen LogP) is 4.98. The number of rotatable bonds is 10. The second-order valence-corrected chi connectivity index (χ2v) is 6.30. The molecule has 2 aromatic rings. The van der Waals surface area contributed by atoms with Gasteiger partial charge in [-0.05, 0) is 68.3 Å². The largest absolute Gasteiger partial charge is 0.493 e. The number of nitrogens with zero attached hydrogens (tertiary/aromatic N) is 1. The van der Waals surface area contributed by atoms with Crippen LogP contribution in [0, 0.1) is 0 Å². The Kier molecular flexibility index (Phi) is 8.40. The van der Waals surface area contributed by atoms with E-state index in [1.807, 2.05) is 42.5 Å². The fourth-order valence-corrected chi connectivity index (χ4v) is 2.82. The zero-order valence-electron chi connectivity index (χ0n) is 17.2. The van der Waals surface area contributed by atoms with Crippen molar-refractivity contribution in [2.45, 2.75) is 27.2 Å². The number of benzene rings is 2. The Bertz CT molecular complexity index is 781. The molecule has 2 aromatic carbocycles. The lowest BCUT2D eigenvalue weighted by Crippen LogP contribution is -2.21. The predicted molar refractivity (Wildman–Crippen MR) is 116 cm³/mol. The van der Waals surface area contributed by atoms with Crippen molar-refractivity contribution in [3.8, 4) is 11.5 Å². The first-order chi connectivity index (χ1) is 13.6.